The molecule has 0 spiro atoms. The van der Waals surface area contributed by atoms with Crippen LogP contribution < -0.4 is 10.2 Å². The van der Waals surface area contributed by atoms with E-state index >= 15 is 0 Å². The molecule has 0 unspecified atom stereocenters. The van der Waals surface area contributed by atoms with Crippen LogP contribution >= 0.6 is 15.9 Å². The Morgan fingerprint density at radius 2 is 1.37 bits per heavy atom. The van der Waals surface area contributed by atoms with Crippen LogP contribution in [0.25, 0.3) is 0 Å². The molecule has 1 N–H and O–H groups in total. The van der Waals surface area contributed by atoms with E-state index in [1.54, 1.807) is 65.6 Å². The zero-order valence-electron chi connectivity index (χ0n) is 14.1. The largest absolute Gasteiger partial charge is 0.330 e. The second-order valence-corrected chi connectivity index (χ2v) is 8.88. The highest BCUT2D eigenvalue weighted by atomic mass is 79.9. The van der Waals surface area contributed by atoms with Gasteiger partial charge in [-0.2, -0.15) is 0 Å². The lowest BCUT2D eigenvalue weighted by Crippen LogP contribution is -2.33. The number of benzene rings is 3. The molecule has 27 heavy (non-hydrogen) atoms. The maximum Gasteiger partial charge on any atom is 0.244 e. The fraction of sp³-hybridized carbons (Fsp3) is 0.0500. The lowest BCUT2D eigenvalue weighted by molar-refractivity contribution is -0.114. The Bertz CT molecular complexity index is 1070. The van der Waals surface area contributed by atoms with Crippen molar-refractivity contribution < 1.29 is 13.2 Å². The molecule has 0 atom stereocenters. The second kappa shape index (κ2) is 6.83. The van der Waals surface area contributed by atoms with E-state index in [0.717, 1.165) is 4.47 Å². The molecule has 0 fully saturated rings. The van der Waals surface area contributed by atoms with E-state index in [1.165, 1.54) is 0 Å². The summed E-state index contributed by atoms with van der Waals surface area (Å²) in [6.07, 6.45) is 0. The predicted octanol–water partition coefficient (Wildman–Crippen LogP) is 4.37. The molecule has 0 saturated heterocycles. The number of carbonyl (C=O) groups excluding carboxylic acids is 1. The van der Waals surface area contributed by atoms with Gasteiger partial charge in [-0.1, -0.05) is 40.2 Å². The van der Waals surface area contributed by atoms with Crippen molar-refractivity contribution in [3.63, 3.8) is 0 Å². The van der Waals surface area contributed by atoms with Gasteiger partial charge >= 0.3 is 0 Å². The number of hydrogen-bond donors (Lipinski definition) is 1. The number of para-hydroxylation sites is 2. The third kappa shape index (κ3) is 3.24. The van der Waals surface area contributed by atoms with Gasteiger partial charge in [0.2, 0.25) is 15.7 Å². The Balaban J connectivity index is 1.71. The lowest BCUT2D eigenvalue weighted by atomic mass is 10.2. The van der Waals surface area contributed by atoms with Crippen LogP contribution in [0.3, 0.4) is 0 Å². The van der Waals surface area contributed by atoms with Crippen LogP contribution in [0.1, 0.15) is 0 Å². The topological polar surface area (TPSA) is 66.5 Å². The Morgan fingerprint density at radius 3 is 1.93 bits per heavy atom. The minimum atomic E-state index is -3.61. The minimum absolute atomic E-state index is 0.000386. The number of anilines is 3. The molecular weight excluding hydrogens is 428 g/mol. The second-order valence-electron chi connectivity index (χ2n) is 6.08. The number of carbonyl (C=O) groups is 1. The molecular formula is C20H15BrN2O3S. The number of nitrogens with one attached hydrogen (secondary N) is 1. The maximum atomic E-state index is 12.9. The Kier molecular flexibility index (Phi) is 4.49. The number of sulfone groups is 1. The van der Waals surface area contributed by atoms with E-state index in [-0.39, 0.29) is 22.2 Å². The molecule has 3 aromatic rings. The zero-order valence-corrected chi connectivity index (χ0v) is 16.5. The number of halogens is 1. The summed E-state index contributed by atoms with van der Waals surface area (Å²) in [5.74, 6) is -0.235. The van der Waals surface area contributed by atoms with Crippen LogP contribution in [-0.2, 0) is 14.6 Å². The van der Waals surface area contributed by atoms with Gasteiger partial charge in [-0.15, -0.1) is 0 Å². The normalized spacial score (nSPS) is 14.2. The van der Waals surface area contributed by atoms with Crippen molar-refractivity contribution in [2.45, 2.75) is 9.79 Å². The standard InChI is InChI=1S/C20H15BrN2O3S/c21-14-9-11-15(12-10-14)22-20(24)13-23-16-5-1-3-7-18(16)27(25,26)19-8-4-2-6-17(19)23/h1-12H,13H2,(H,22,24). The molecule has 1 aliphatic rings. The van der Waals surface area contributed by atoms with E-state index in [2.05, 4.69) is 21.2 Å². The van der Waals surface area contributed by atoms with E-state index in [9.17, 15) is 13.2 Å². The molecule has 0 saturated carbocycles. The Morgan fingerprint density at radius 1 is 0.852 bits per heavy atom. The highest BCUT2D eigenvalue weighted by Crippen LogP contribution is 2.43. The van der Waals surface area contributed by atoms with Crippen molar-refractivity contribution in [1.29, 1.82) is 0 Å². The highest BCUT2D eigenvalue weighted by Gasteiger charge is 2.34. The molecule has 5 nitrogen and oxygen atoms in total. The molecule has 136 valence electrons. The lowest BCUT2D eigenvalue weighted by Gasteiger charge is -2.32. The van der Waals surface area contributed by atoms with Crippen LogP contribution in [0.15, 0.2) is 87.1 Å². The van der Waals surface area contributed by atoms with Gasteiger partial charge in [0.25, 0.3) is 0 Å². The molecule has 0 aromatic heterocycles. The van der Waals surface area contributed by atoms with Gasteiger partial charge in [-0.05, 0) is 48.5 Å². The van der Waals surface area contributed by atoms with Gasteiger partial charge in [-0.3, -0.25) is 4.79 Å². The van der Waals surface area contributed by atoms with E-state index in [4.69, 9.17) is 0 Å². The molecule has 3 aromatic carbocycles. The quantitative estimate of drug-likeness (QED) is 0.653. The molecule has 0 aliphatic carbocycles. The van der Waals surface area contributed by atoms with E-state index in [0.29, 0.717) is 17.1 Å². The first-order valence-corrected chi connectivity index (χ1v) is 10.5. The fourth-order valence-corrected chi connectivity index (χ4v) is 5.03. The predicted molar refractivity (Wildman–Crippen MR) is 108 cm³/mol. The number of fused-ring (bicyclic) bond motifs is 2. The van der Waals surface area contributed by atoms with Gasteiger partial charge in [-0.25, -0.2) is 8.42 Å². The minimum Gasteiger partial charge on any atom is -0.330 e. The summed E-state index contributed by atoms with van der Waals surface area (Å²) >= 11 is 3.36. The average molecular weight is 443 g/mol. The monoisotopic (exact) mass is 442 g/mol. The van der Waals surface area contributed by atoms with Crippen molar-refractivity contribution in [2.24, 2.45) is 0 Å². The smallest absolute Gasteiger partial charge is 0.244 e. The van der Waals surface area contributed by atoms with Crippen molar-refractivity contribution in [2.75, 3.05) is 16.8 Å². The van der Waals surface area contributed by atoms with Gasteiger partial charge < -0.3 is 10.2 Å². The van der Waals surface area contributed by atoms with Gasteiger partial charge in [0.15, 0.2) is 0 Å². The SMILES string of the molecule is O=C(CN1c2ccccc2S(=O)(=O)c2ccccc21)Nc1ccc(Br)cc1. The van der Waals surface area contributed by atoms with Crippen molar-refractivity contribution >= 4 is 48.7 Å². The van der Waals surface area contributed by atoms with Gasteiger partial charge in [0, 0.05) is 10.2 Å². The van der Waals surface area contributed by atoms with Crippen molar-refractivity contribution in [3.05, 3.63) is 77.3 Å². The molecule has 0 bridgehead atoms. The summed E-state index contributed by atoms with van der Waals surface area (Å²) in [4.78, 5) is 14.8. The van der Waals surface area contributed by atoms with Crippen LogP contribution in [0.4, 0.5) is 17.1 Å². The fourth-order valence-electron chi connectivity index (χ4n) is 3.11. The first kappa shape index (κ1) is 17.8. The molecule has 1 heterocycles. The van der Waals surface area contributed by atoms with E-state index < -0.39 is 9.84 Å². The summed E-state index contributed by atoms with van der Waals surface area (Å²) < 4.78 is 26.8. The third-order valence-corrected chi connectivity index (χ3v) is 6.70. The van der Waals surface area contributed by atoms with Crippen molar-refractivity contribution in [1.82, 2.24) is 0 Å². The Hall–Kier alpha value is -2.64. The maximum absolute atomic E-state index is 12.9. The van der Waals surface area contributed by atoms with Crippen LogP contribution in [0.2, 0.25) is 0 Å². The van der Waals surface area contributed by atoms with Gasteiger partial charge in [0.05, 0.1) is 21.2 Å². The number of hydrogen-bond acceptors (Lipinski definition) is 4. The van der Waals surface area contributed by atoms with Gasteiger partial charge in [0.1, 0.15) is 6.54 Å². The molecule has 1 amide bonds. The number of amides is 1. The molecule has 0 radical (unpaired) electrons. The van der Waals surface area contributed by atoms with Crippen LogP contribution in [0, 0.1) is 0 Å². The molecule has 4 rings (SSSR count). The number of rotatable bonds is 3. The molecule has 1 aliphatic heterocycles. The zero-order chi connectivity index (χ0) is 19.0. The van der Waals surface area contributed by atoms with Crippen molar-refractivity contribution in [3.8, 4) is 0 Å². The molecule has 7 heteroatoms. The summed E-state index contributed by atoms with van der Waals surface area (Å²) in [6.45, 7) is -0.000386. The van der Waals surface area contributed by atoms with E-state index in [1.807, 2.05) is 12.1 Å². The summed E-state index contributed by atoms with van der Waals surface area (Å²) in [5, 5.41) is 2.85. The number of nitrogens with zero attached hydrogens (tertiary/aromatic N) is 1. The van der Waals surface area contributed by atoms with Crippen LogP contribution in [0.5, 0.6) is 0 Å². The first-order chi connectivity index (χ1) is 13.0. The Labute approximate surface area is 165 Å². The highest BCUT2D eigenvalue weighted by molar-refractivity contribution is 9.10. The summed E-state index contributed by atoms with van der Waals surface area (Å²) in [6, 6.07) is 20.8. The first-order valence-electron chi connectivity index (χ1n) is 8.23. The third-order valence-electron chi connectivity index (χ3n) is 4.32. The average Bonchev–Trinajstić information content (AvgIpc) is 2.67. The summed E-state index contributed by atoms with van der Waals surface area (Å²) in [5.41, 5.74) is 1.68. The summed E-state index contributed by atoms with van der Waals surface area (Å²) in [7, 11) is -3.61. The van der Waals surface area contributed by atoms with Crippen LogP contribution in [-0.4, -0.2) is 20.9 Å².